The number of imidazole rings is 1. The highest BCUT2D eigenvalue weighted by atomic mass is 32.2. The molecule has 1 atom stereocenters. The number of halogens is 3. The number of anilines is 1. The fraction of sp³-hybridized carbons (Fsp3) is 0.346. The molecule has 0 bridgehead atoms. The van der Waals surface area contributed by atoms with Crippen molar-refractivity contribution in [2.45, 2.75) is 47.9 Å². The van der Waals surface area contributed by atoms with Crippen LogP contribution in [0.1, 0.15) is 35.7 Å². The van der Waals surface area contributed by atoms with Gasteiger partial charge in [-0.25, -0.2) is 9.97 Å². The van der Waals surface area contributed by atoms with Crippen molar-refractivity contribution in [3.63, 3.8) is 0 Å². The highest BCUT2D eigenvalue weighted by Crippen LogP contribution is 2.51. The van der Waals surface area contributed by atoms with Gasteiger partial charge in [0, 0.05) is 30.2 Å². The highest BCUT2D eigenvalue weighted by Gasteiger charge is 2.46. The van der Waals surface area contributed by atoms with E-state index < -0.39 is 17.8 Å². The number of carbonyl (C=O) groups excluding carboxylic acids is 1. The van der Waals surface area contributed by atoms with Crippen molar-refractivity contribution in [1.29, 1.82) is 0 Å². The molecule has 4 heterocycles. The van der Waals surface area contributed by atoms with E-state index in [2.05, 4.69) is 37.0 Å². The van der Waals surface area contributed by atoms with Gasteiger partial charge in [-0.15, -0.1) is 0 Å². The lowest BCUT2D eigenvalue weighted by molar-refractivity contribution is -0.143. The summed E-state index contributed by atoms with van der Waals surface area (Å²) in [5, 5.41) is 0.226. The van der Waals surface area contributed by atoms with Gasteiger partial charge in [0.25, 0.3) is 0 Å². The number of primary amides is 1. The molecular formula is C26H25F3N8OS. The Labute approximate surface area is 225 Å². The standard InChI is InChI=1S/C26H25F3N8OS/c27-26(28,29)21-17(6-3-9-32-21)39-19-13-33-23-22(34-19)35-24(37(23)14-18(30)38)36-10-7-25(8-11-36)12-15-4-1-2-5-16(15)20(25)31/h1-6,9,13,20H,7-8,10-12,14,31H2,(H2,30,38). The molecule has 2 aliphatic rings. The molecular weight excluding hydrogens is 529 g/mol. The fourth-order valence-electron chi connectivity index (χ4n) is 5.72. The van der Waals surface area contributed by atoms with Crippen LogP contribution in [-0.2, 0) is 23.9 Å². The number of aromatic nitrogens is 5. The molecule has 1 aliphatic heterocycles. The lowest BCUT2D eigenvalue weighted by Gasteiger charge is -2.42. The van der Waals surface area contributed by atoms with Crippen LogP contribution in [0.4, 0.5) is 19.1 Å². The first-order valence-electron chi connectivity index (χ1n) is 12.4. The summed E-state index contributed by atoms with van der Waals surface area (Å²) in [4.78, 5) is 30.9. The SMILES string of the molecule is NC(=O)Cn1c(N2CCC3(CC2)Cc2ccccc2C3N)nc2nc(Sc3cccnc3C(F)(F)F)cnc21. The van der Waals surface area contributed by atoms with Crippen molar-refractivity contribution in [3.8, 4) is 0 Å². The summed E-state index contributed by atoms with van der Waals surface area (Å²) >= 11 is 0.803. The smallest absolute Gasteiger partial charge is 0.368 e. The number of hydrogen-bond donors (Lipinski definition) is 2. The van der Waals surface area contributed by atoms with Crippen molar-refractivity contribution in [1.82, 2.24) is 24.5 Å². The lowest BCUT2D eigenvalue weighted by Crippen LogP contribution is -2.45. The molecule has 1 fully saturated rings. The van der Waals surface area contributed by atoms with Crippen LogP contribution >= 0.6 is 11.8 Å². The van der Waals surface area contributed by atoms with Gasteiger partial charge in [0.1, 0.15) is 11.6 Å². The molecule has 202 valence electrons. The molecule has 13 heteroatoms. The first-order valence-corrected chi connectivity index (χ1v) is 13.3. The van der Waals surface area contributed by atoms with Crippen LogP contribution in [0, 0.1) is 5.41 Å². The maximum absolute atomic E-state index is 13.4. The first-order chi connectivity index (χ1) is 18.6. The van der Waals surface area contributed by atoms with Crippen LogP contribution in [0.25, 0.3) is 11.3 Å². The van der Waals surface area contributed by atoms with Crippen molar-refractivity contribution >= 4 is 34.9 Å². The van der Waals surface area contributed by atoms with Gasteiger partial charge in [-0.05, 0) is 47.9 Å². The molecule has 4 N–H and O–H groups in total. The molecule has 3 aromatic heterocycles. The maximum Gasteiger partial charge on any atom is 0.434 e. The third kappa shape index (κ3) is 4.59. The highest BCUT2D eigenvalue weighted by molar-refractivity contribution is 7.99. The Bertz CT molecular complexity index is 1560. The Hall–Kier alpha value is -3.71. The average molecular weight is 555 g/mol. The zero-order valence-electron chi connectivity index (χ0n) is 20.7. The number of alkyl halides is 3. The maximum atomic E-state index is 13.4. The van der Waals surface area contributed by atoms with E-state index in [9.17, 15) is 18.0 Å². The topological polar surface area (TPSA) is 129 Å². The number of benzene rings is 1. The number of pyridine rings is 1. The minimum Gasteiger partial charge on any atom is -0.368 e. The van der Waals surface area contributed by atoms with Gasteiger partial charge in [-0.3, -0.25) is 14.3 Å². The molecule has 1 unspecified atom stereocenters. The molecule has 39 heavy (non-hydrogen) atoms. The van der Waals surface area contributed by atoms with Gasteiger partial charge in [-0.1, -0.05) is 36.0 Å². The van der Waals surface area contributed by atoms with Crippen LogP contribution in [0.15, 0.2) is 58.7 Å². The molecule has 9 nitrogen and oxygen atoms in total. The number of carbonyl (C=O) groups is 1. The van der Waals surface area contributed by atoms with Gasteiger partial charge in [0.15, 0.2) is 17.0 Å². The van der Waals surface area contributed by atoms with Gasteiger partial charge >= 0.3 is 6.18 Å². The minimum absolute atomic E-state index is 0.0407. The zero-order valence-corrected chi connectivity index (χ0v) is 21.5. The van der Waals surface area contributed by atoms with E-state index in [0.29, 0.717) is 24.7 Å². The molecule has 0 saturated carbocycles. The second-order valence-corrected chi connectivity index (χ2v) is 11.0. The molecule has 1 aliphatic carbocycles. The van der Waals surface area contributed by atoms with Crippen LogP contribution in [0.3, 0.4) is 0 Å². The predicted octanol–water partition coefficient (Wildman–Crippen LogP) is 3.72. The summed E-state index contributed by atoms with van der Waals surface area (Å²) < 4.78 is 41.9. The van der Waals surface area contributed by atoms with Gasteiger partial charge in [0.05, 0.1) is 6.20 Å². The molecule has 4 aromatic rings. The van der Waals surface area contributed by atoms with E-state index in [-0.39, 0.29) is 33.6 Å². The van der Waals surface area contributed by atoms with Crippen LogP contribution in [0.5, 0.6) is 0 Å². The fourth-order valence-corrected chi connectivity index (χ4v) is 6.60. The lowest BCUT2D eigenvalue weighted by atomic mass is 9.73. The van der Waals surface area contributed by atoms with Gasteiger partial charge < -0.3 is 16.4 Å². The van der Waals surface area contributed by atoms with Crippen molar-refractivity contribution in [3.05, 3.63) is 65.6 Å². The van der Waals surface area contributed by atoms with Gasteiger partial charge in [0.2, 0.25) is 11.9 Å². The number of fused-ring (bicyclic) bond motifs is 2. The van der Waals surface area contributed by atoms with E-state index in [1.54, 1.807) is 4.57 Å². The summed E-state index contributed by atoms with van der Waals surface area (Å²) in [5.41, 5.74) is 14.3. The normalized spacial score (nSPS) is 18.6. The predicted molar refractivity (Wildman–Crippen MR) is 139 cm³/mol. The Morgan fingerprint density at radius 1 is 1.10 bits per heavy atom. The van der Waals surface area contributed by atoms with Crippen molar-refractivity contribution in [2.75, 3.05) is 18.0 Å². The second kappa shape index (κ2) is 9.49. The molecule has 1 amide bonds. The van der Waals surface area contributed by atoms with E-state index in [1.165, 1.54) is 29.5 Å². The molecule has 6 rings (SSSR count). The monoisotopic (exact) mass is 554 g/mol. The van der Waals surface area contributed by atoms with Crippen LogP contribution in [-0.4, -0.2) is 43.5 Å². The Balaban J connectivity index is 1.29. The molecule has 0 radical (unpaired) electrons. The van der Waals surface area contributed by atoms with Crippen LogP contribution < -0.4 is 16.4 Å². The summed E-state index contributed by atoms with van der Waals surface area (Å²) in [6, 6.07) is 11.0. The van der Waals surface area contributed by atoms with Crippen molar-refractivity contribution < 1.29 is 18.0 Å². The Kier molecular flexibility index (Phi) is 6.22. The summed E-state index contributed by atoms with van der Waals surface area (Å²) in [6.45, 7) is 1.17. The third-order valence-corrected chi connectivity index (χ3v) is 8.57. The zero-order chi connectivity index (χ0) is 27.4. The summed E-state index contributed by atoms with van der Waals surface area (Å²) in [7, 11) is 0. The number of rotatable bonds is 5. The first kappa shape index (κ1) is 25.6. The van der Waals surface area contributed by atoms with Crippen LogP contribution in [0.2, 0.25) is 0 Å². The Morgan fingerprint density at radius 2 is 1.87 bits per heavy atom. The van der Waals surface area contributed by atoms with E-state index in [4.69, 9.17) is 11.5 Å². The largest absolute Gasteiger partial charge is 0.434 e. The van der Waals surface area contributed by atoms with E-state index in [0.717, 1.165) is 37.2 Å². The quantitative estimate of drug-likeness (QED) is 0.382. The molecule has 1 saturated heterocycles. The third-order valence-electron chi connectivity index (χ3n) is 7.62. The average Bonchev–Trinajstić information content (AvgIpc) is 3.38. The summed E-state index contributed by atoms with van der Waals surface area (Å²) in [5.74, 6) is -0.0648. The summed E-state index contributed by atoms with van der Waals surface area (Å²) in [6.07, 6.45) is 0.458. The number of piperidine rings is 1. The minimum atomic E-state index is -4.60. The van der Waals surface area contributed by atoms with E-state index in [1.807, 2.05) is 12.1 Å². The van der Waals surface area contributed by atoms with Crippen molar-refractivity contribution in [2.24, 2.45) is 16.9 Å². The Morgan fingerprint density at radius 3 is 2.59 bits per heavy atom. The molecule has 1 spiro atoms. The number of hydrogen-bond acceptors (Lipinski definition) is 8. The molecule has 1 aromatic carbocycles. The number of nitrogens with two attached hydrogens (primary N) is 2. The van der Waals surface area contributed by atoms with Gasteiger partial charge in [-0.2, -0.15) is 18.2 Å². The number of amides is 1. The second-order valence-electron chi connectivity index (χ2n) is 9.97. The van der Waals surface area contributed by atoms with E-state index >= 15 is 0 Å². The number of nitrogens with zero attached hydrogens (tertiary/aromatic N) is 6.